The minimum atomic E-state index is -0.998. The smallest absolute Gasteiger partial charge is 0.407 e. The van der Waals surface area contributed by atoms with Crippen LogP contribution in [0, 0.1) is 0 Å². The average Bonchev–Trinajstić information content (AvgIpc) is 3.35. The fourth-order valence-corrected chi connectivity index (χ4v) is 4.28. The number of nitrogens with one attached hydrogen (secondary N) is 1. The summed E-state index contributed by atoms with van der Waals surface area (Å²) in [5, 5.41) is 12.7. The van der Waals surface area contributed by atoms with Gasteiger partial charge < -0.3 is 19.6 Å². The Balaban J connectivity index is 1.18. The number of carbonyl (C=O) groups is 2. The van der Waals surface area contributed by atoms with Gasteiger partial charge in [0.1, 0.15) is 18.0 Å². The van der Waals surface area contributed by atoms with Gasteiger partial charge in [0.25, 0.3) is 0 Å². The van der Waals surface area contributed by atoms with Crippen LogP contribution in [0.15, 0.2) is 77.2 Å². The number of carbonyl (C=O) groups excluding carboxylic acids is 1. The second-order valence-electron chi connectivity index (χ2n) is 7.77. The number of ether oxygens (including phenoxy) is 1. The minimum absolute atomic E-state index is 0.0203. The zero-order valence-electron chi connectivity index (χ0n) is 17.2. The van der Waals surface area contributed by atoms with Crippen LogP contribution in [0.5, 0.6) is 0 Å². The lowest BCUT2D eigenvalue weighted by molar-refractivity contribution is 0.0696. The van der Waals surface area contributed by atoms with Crippen LogP contribution in [0.3, 0.4) is 0 Å². The van der Waals surface area contributed by atoms with Gasteiger partial charge in [0.2, 0.25) is 0 Å². The molecule has 0 spiro atoms. The molecule has 1 aromatic heterocycles. The third kappa shape index (κ3) is 3.71. The second-order valence-corrected chi connectivity index (χ2v) is 7.77. The number of carboxylic acid groups (broad SMARTS) is 1. The molecule has 1 heterocycles. The lowest BCUT2D eigenvalue weighted by Crippen LogP contribution is -2.27. The normalized spacial score (nSPS) is 12.4. The van der Waals surface area contributed by atoms with E-state index in [0.29, 0.717) is 24.3 Å². The summed E-state index contributed by atoms with van der Waals surface area (Å²) in [4.78, 5) is 23.4. The van der Waals surface area contributed by atoms with Crippen LogP contribution in [0.2, 0.25) is 0 Å². The number of furan rings is 1. The van der Waals surface area contributed by atoms with Crippen molar-refractivity contribution in [3.8, 4) is 11.1 Å². The molecule has 0 atom stereocenters. The Morgan fingerprint density at radius 3 is 2.31 bits per heavy atom. The topological polar surface area (TPSA) is 88.8 Å². The predicted molar refractivity (Wildman–Crippen MR) is 120 cm³/mol. The fourth-order valence-electron chi connectivity index (χ4n) is 4.28. The number of benzene rings is 3. The molecule has 0 aliphatic heterocycles. The lowest BCUT2D eigenvalue weighted by atomic mass is 9.98. The Labute approximate surface area is 184 Å². The van der Waals surface area contributed by atoms with Crippen LogP contribution < -0.4 is 5.32 Å². The van der Waals surface area contributed by atoms with E-state index in [-0.39, 0.29) is 18.1 Å². The highest BCUT2D eigenvalue weighted by Crippen LogP contribution is 2.44. The number of fused-ring (bicyclic) bond motifs is 4. The van der Waals surface area contributed by atoms with Gasteiger partial charge in [0.15, 0.2) is 0 Å². The number of hydrogen-bond donors (Lipinski definition) is 2. The summed E-state index contributed by atoms with van der Waals surface area (Å²) >= 11 is 0. The highest BCUT2D eigenvalue weighted by Gasteiger charge is 2.28. The molecule has 32 heavy (non-hydrogen) atoms. The molecule has 6 nitrogen and oxygen atoms in total. The third-order valence-electron chi connectivity index (χ3n) is 5.80. The quantitative estimate of drug-likeness (QED) is 0.441. The van der Waals surface area contributed by atoms with E-state index in [1.54, 1.807) is 12.1 Å². The number of alkyl carbamates (subject to hydrolysis) is 1. The minimum Gasteiger partial charge on any atom is -0.478 e. The third-order valence-corrected chi connectivity index (χ3v) is 5.80. The van der Waals surface area contributed by atoms with Gasteiger partial charge in [-0.3, -0.25) is 0 Å². The fraction of sp³-hybridized carbons (Fsp3) is 0.154. The van der Waals surface area contributed by atoms with Crippen LogP contribution in [-0.2, 0) is 11.2 Å². The number of rotatable bonds is 6. The molecule has 1 amide bonds. The molecule has 6 heteroatoms. The van der Waals surface area contributed by atoms with Gasteiger partial charge in [-0.15, -0.1) is 0 Å². The Morgan fingerprint density at radius 2 is 1.62 bits per heavy atom. The highest BCUT2D eigenvalue weighted by atomic mass is 16.5. The van der Waals surface area contributed by atoms with E-state index in [1.807, 2.05) is 30.3 Å². The molecule has 0 fully saturated rings. The number of hydrogen-bond acceptors (Lipinski definition) is 4. The van der Waals surface area contributed by atoms with E-state index in [4.69, 9.17) is 14.3 Å². The SMILES string of the molecule is O=C(NCCc1cc2ccc(C(=O)O)cc2o1)OCC1c2ccccc2-c2ccccc21. The highest BCUT2D eigenvalue weighted by molar-refractivity contribution is 5.92. The maximum absolute atomic E-state index is 12.3. The first kappa shape index (κ1) is 19.9. The Bertz CT molecular complexity index is 1280. The molecule has 1 aliphatic rings. The summed E-state index contributed by atoms with van der Waals surface area (Å²) in [6.45, 7) is 0.616. The van der Waals surface area contributed by atoms with Gasteiger partial charge in [-0.05, 0) is 40.5 Å². The van der Waals surface area contributed by atoms with Crippen molar-refractivity contribution in [2.45, 2.75) is 12.3 Å². The molecular weight excluding hydrogens is 406 g/mol. The second kappa shape index (κ2) is 8.23. The standard InChI is InChI=1S/C26H21NO5/c28-25(29)17-10-9-16-13-18(32-24(16)14-17)11-12-27-26(30)31-15-23-21-7-3-1-5-19(21)20-6-2-4-8-22(20)23/h1-10,13-14,23H,11-12,15H2,(H,27,30)(H,28,29). The van der Waals surface area contributed by atoms with E-state index in [2.05, 4.69) is 29.6 Å². The molecule has 0 saturated heterocycles. The molecule has 0 saturated carbocycles. The van der Waals surface area contributed by atoms with Crippen LogP contribution in [0.4, 0.5) is 4.79 Å². The molecule has 1 aliphatic carbocycles. The maximum atomic E-state index is 12.3. The van der Waals surface area contributed by atoms with Crippen LogP contribution >= 0.6 is 0 Å². The van der Waals surface area contributed by atoms with E-state index >= 15 is 0 Å². The van der Waals surface area contributed by atoms with Crippen LogP contribution in [0.25, 0.3) is 22.1 Å². The first-order valence-electron chi connectivity index (χ1n) is 10.4. The van der Waals surface area contributed by atoms with E-state index in [0.717, 1.165) is 5.39 Å². The molecule has 160 valence electrons. The van der Waals surface area contributed by atoms with Gasteiger partial charge in [-0.1, -0.05) is 54.6 Å². The Hall–Kier alpha value is -4.06. The predicted octanol–water partition coefficient (Wildman–Crippen LogP) is 5.21. The summed E-state index contributed by atoms with van der Waals surface area (Å²) in [5.74, 6) is -0.310. The van der Waals surface area contributed by atoms with Crippen molar-refractivity contribution in [3.63, 3.8) is 0 Å². The number of carboxylic acids is 1. The summed E-state index contributed by atoms with van der Waals surface area (Å²) < 4.78 is 11.2. The summed E-state index contributed by atoms with van der Waals surface area (Å²) in [7, 11) is 0. The summed E-state index contributed by atoms with van der Waals surface area (Å²) in [6.07, 6.45) is -0.00231. The average molecular weight is 427 g/mol. The zero-order chi connectivity index (χ0) is 22.1. The van der Waals surface area contributed by atoms with Crippen LogP contribution in [-0.4, -0.2) is 30.3 Å². The Morgan fingerprint density at radius 1 is 0.938 bits per heavy atom. The molecule has 3 aromatic carbocycles. The van der Waals surface area contributed by atoms with Crippen molar-refractivity contribution in [3.05, 3.63) is 95.2 Å². The monoisotopic (exact) mass is 427 g/mol. The molecule has 0 bridgehead atoms. The van der Waals surface area contributed by atoms with Gasteiger partial charge in [-0.25, -0.2) is 9.59 Å². The van der Waals surface area contributed by atoms with Gasteiger partial charge in [0, 0.05) is 24.3 Å². The lowest BCUT2D eigenvalue weighted by Gasteiger charge is -2.14. The van der Waals surface area contributed by atoms with E-state index in [9.17, 15) is 9.59 Å². The molecule has 5 rings (SSSR count). The molecule has 0 unspecified atom stereocenters. The largest absolute Gasteiger partial charge is 0.478 e. The maximum Gasteiger partial charge on any atom is 0.407 e. The van der Waals surface area contributed by atoms with Crippen molar-refractivity contribution in [2.24, 2.45) is 0 Å². The first-order valence-corrected chi connectivity index (χ1v) is 10.4. The number of amides is 1. The number of aromatic carboxylic acids is 1. The van der Waals surface area contributed by atoms with Crippen molar-refractivity contribution in [1.29, 1.82) is 0 Å². The van der Waals surface area contributed by atoms with Gasteiger partial charge >= 0.3 is 12.1 Å². The summed E-state index contributed by atoms with van der Waals surface area (Å²) in [5.41, 5.74) is 5.41. The first-order chi connectivity index (χ1) is 15.6. The molecular formula is C26H21NO5. The van der Waals surface area contributed by atoms with Gasteiger partial charge in [-0.2, -0.15) is 0 Å². The molecule has 2 N–H and O–H groups in total. The summed E-state index contributed by atoms with van der Waals surface area (Å²) in [6, 6.07) is 23.0. The van der Waals surface area contributed by atoms with E-state index < -0.39 is 12.1 Å². The van der Waals surface area contributed by atoms with Crippen molar-refractivity contribution in [2.75, 3.05) is 13.2 Å². The zero-order valence-corrected chi connectivity index (χ0v) is 17.2. The van der Waals surface area contributed by atoms with Crippen molar-refractivity contribution < 1.29 is 23.8 Å². The molecule has 0 radical (unpaired) electrons. The van der Waals surface area contributed by atoms with Crippen molar-refractivity contribution >= 4 is 23.0 Å². The van der Waals surface area contributed by atoms with E-state index in [1.165, 1.54) is 28.3 Å². The van der Waals surface area contributed by atoms with Crippen LogP contribution in [0.1, 0.15) is 33.2 Å². The van der Waals surface area contributed by atoms with Gasteiger partial charge in [0.05, 0.1) is 5.56 Å². The molecule has 4 aromatic rings. The Kier molecular flexibility index (Phi) is 5.11. The van der Waals surface area contributed by atoms with Crippen molar-refractivity contribution in [1.82, 2.24) is 5.32 Å².